The van der Waals surface area contributed by atoms with Crippen LogP contribution in [0.1, 0.15) is 29.3 Å². The average molecular weight is 285 g/mol. The first kappa shape index (κ1) is 15.1. The number of benzene rings is 1. The molecule has 5 nitrogen and oxygen atoms in total. The molecule has 0 aromatic heterocycles. The minimum atomic E-state index is -0.632. The van der Waals surface area contributed by atoms with Crippen molar-refractivity contribution in [2.24, 2.45) is 16.9 Å². The topological polar surface area (TPSA) is 89.4 Å². The Bertz CT molecular complexity index is 630. The second kappa shape index (κ2) is 5.98. The first-order chi connectivity index (χ1) is 9.96. The van der Waals surface area contributed by atoms with Crippen molar-refractivity contribution >= 4 is 11.8 Å². The molecule has 1 aromatic carbocycles. The summed E-state index contributed by atoms with van der Waals surface area (Å²) in [4.78, 5) is 25.6. The molecule has 1 aliphatic heterocycles. The number of amides is 2. The monoisotopic (exact) mass is 285 g/mol. The van der Waals surface area contributed by atoms with E-state index < -0.39 is 5.41 Å². The zero-order valence-corrected chi connectivity index (χ0v) is 12.1. The molecule has 1 unspecified atom stereocenters. The maximum atomic E-state index is 12.5. The van der Waals surface area contributed by atoms with Crippen LogP contribution in [-0.4, -0.2) is 36.3 Å². The van der Waals surface area contributed by atoms with Crippen LogP contribution >= 0.6 is 0 Å². The van der Waals surface area contributed by atoms with Crippen LogP contribution in [0.3, 0.4) is 0 Å². The Hall–Kier alpha value is -2.32. The van der Waals surface area contributed by atoms with Crippen molar-refractivity contribution < 1.29 is 9.59 Å². The Kier molecular flexibility index (Phi) is 4.29. The lowest BCUT2D eigenvalue weighted by atomic mass is 9.89. The highest BCUT2D eigenvalue weighted by atomic mass is 16.2. The molecule has 1 aliphatic rings. The minimum Gasteiger partial charge on any atom is -0.369 e. The molecule has 1 aromatic rings. The Morgan fingerprint density at radius 3 is 2.81 bits per heavy atom. The fourth-order valence-corrected chi connectivity index (χ4v) is 2.40. The van der Waals surface area contributed by atoms with Gasteiger partial charge in [0.25, 0.3) is 5.91 Å². The van der Waals surface area contributed by atoms with Crippen molar-refractivity contribution in [2.75, 3.05) is 19.6 Å². The molecule has 0 spiro atoms. The lowest BCUT2D eigenvalue weighted by molar-refractivity contribution is -0.126. The predicted molar refractivity (Wildman–Crippen MR) is 80.2 cm³/mol. The van der Waals surface area contributed by atoms with Gasteiger partial charge in [-0.2, -0.15) is 0 Å². The first-order valence-corrected chi connectivity index (χ1v) is 6.84. The number of hydrogen-bond donors (Lipinski definition) is 2. The Labute approximate surface area is 124 Å². The number of nitrogens with zero attached hydrogens (tertiary/aromatic N) is 1. The number of nitrogens with two attached hydrogens (primary N) is 2. The molecule has 1 saturated heterocycles. The third-order valence-corrected chi connectivity index (χ3v) is 3.80. The summed E-state index contributed by atoms with van der Waals surface area (Å²) in [6.45, 7) is 2.98. The van der Waals surface area contributed by atoms with Crippen molar-refractivity contribution in [3.05, 3.63) is 35.4 Å². The van der Waals surface area contributed by atoms with Crippen molar-refractivity contribution in [3.8, 4) is 11.8 Å². The molecule has 5 heteroatoms. The number of likely N-dealkylation sites (tertiary alicyclic amines) is 1. The van der Waals surface area contributed by atoms with Crippen LogP contribution < -0.4 is 11.5 Å². The van der Waals surface area contributed by atoms with Gasteiger partial charge in [-0.05, 0) is 31.5 Å². The summed E-state index contributed by atoms with van der Waals surface area (Å²) in [5, 5.41) is 0. The van der Waals surface area contributed by atoms with Crippen LogP contribution in [0.2, 0.25) is 0 Å². The second-order valence-electron chi connectivity index (χ2n) is 5.49. The average Bonchev–Trinajstić information content (AvgIpc) is 2.88. The van der Waals surface area contributed by atoms with Crippen molar-refractivity contribution in [1.29, 1.82) is 0 Å². The minimum absolute atomic E-state index is 0.101. The van der Waals surface area contributed by atoms with Gasteiger partial charge in [0.15, 0.2) is 0 Å². The summed E-state index contributed by atoms with van der Waals surface area (Å²) in [5.74, 6) is 5.20. The lowest BCUT2D eigenvalue weighted by Gasteiger charge is -2.21. The zero-order chi connectivity index (χ0) is 15.5. The van der Waals surface area contributed by atoms with Gasteiger partial charge in [-0.25, -0.2) is 0 Å². The lowest BCUT2D eigenvalue weighted by Crippen LogP contribution is -2.38. The summed E-state index contributed by atoms with van der Waals surface area (Å²) >= 11 is 0. The first-order valence-electron chi connectivity index (χ1n) is 6.84. The molecule has 0 saturated carbocycles. The van der Waals surface area contributed by atoms with Crippen molar-refractivity contribution in [2.45, 2.75) is 13.3 Å². The summed E-state index contributed by atoms with van der Waals surface area (Å²) < 4.78 is 0. The van der Waals surface area contributed by atoms with Crippen LogP contribution in [-0.2, 0) is 4.79 Å². The van der Waals surface area contributed by atoms with Crippen molar-refractivity contribution in [1.82, 2.24) is 4.90 Å². The summed E-state index contributed by atoms with van der Waals surface area (Å²) in [7, 11) is 0. The molecule has 0 aliphatic carbocycles. The molecule has 1 fully saturated rings. The van der Waals surface area contributed by atoms with Gasteiger partial charge in [0.1, 0.15) is 0 Å². The Morgan fingerprint density at radius 1 is 1.43 bits per heavy atom. The van der Waals surface area contributed by atoms with Gasteiger partial charge in [-0.3, -0.25) is 9.59 Å². The second-order valence-corrected chi connectivity index (χ2v) is 5.49. The van der Waals surface area contributed by atoms with E-state index in [9.17, 15) is 9.59 Å². The summed E-state index contributed by atoms with van der Waals surface area (Å²) in [6.07, 6.45) is 0.598. The molecular formula is C16H19N3O2. The molecule has 2 rings (SSSR count). The SMILES string of the molecule is CC1(C(N)=O)CCN(C(=O)c2cccc(C#CCN)c2)C1. The van der Waals surface area contributed by atoms with E-state index in [2.05, 4.69) is 11.8 Å². The number of carbonyl (C=O) groups is 2. The maximum Gasteiger partial charge on any atom is 0.253 e. The van der Waals surface area contributed by atoms with E-state index in [1.165, 1.54) is 0 Å². The molecule has 110 valence electrons. The zero-order valence-electron chi connectivity index (χ0n) is 12.1. The predicted octanol–water partition coefficient (Wildman–Crippen LogP) is 0.334. The maximum absolute atomic E-state index is 12.5. The fourth-order valence-electron chi connectivity index (χ4n) is 2.40. The van der Waals surface area contributed by atoms with E-state index >= 15 is 0 Å². The van der Waals surface area contributed by atoms with Crippen LogP contribution in [0.25, 0.3) is 0 Å². The number of carbonyl (C=O) groups excluding carboxylic acids is 2. The van der Waals surface area contributed by atoms with Gasteiger partial charge in [-0.1, -0.05) is 17.9 Å². The molecule has 0 radical (unpaired) electrons. The molecule has 2 amide bonds. The third-order valence-electron chi connectivity index (χ3n) is 3.80. The molecule has 4 N–H and O–H groups in total. The number of primary amides is 1. The molecule has 21 heavy (non-hydrogen) atoms. The smallest absolute Gasteiger partial charge is 0.253 e. The van der Waals surface area contributed by atoms with E-state index in [1.54, 1.807) is 30.0 Å². The molecular weight excluding hydrogens is 266 g/mol. The third kappa shape index (κ3) is 3.23. The highest BCUT2D eigenvalue weighted by Gasteiger charge is 2.40. The van der Waals surface area contributed by atoms with E-state index in [-0.39, 0.29) is 18.4 Å². The molecule has 0 bridgehead atoms. The Morgan fingerprint density at radius 2 is 2.19 bits per heavy atom. The fraction of sp³-hybridized carbons (Fsp3) is 0.375. The van der Waals surface area contributed by atoms with E-state index in [0.717, 1.165) is 5.56 Å². The highest BCUT2D eigenvalue weighted by molar-refractivity contribution is 5.95. The number of hydrogen-bond acceptors (Lipinski definition) is 3. The van der Waals surface area contributed by atoms with Gasteiger partial charge in [0.2, 0.25) is 5.91 Å². The van der Waals surface area contributed by atoms with Crippen LogP contribution in [0.5, 0.6) is 0 Å². The van der Waals surface area contributed by atoms with E-state index in [1.807, 2.05) is 6.07 Å². The van der Waals surface area contributed by atoms with Gasteiger partial charge in [0, 0.05) is 24.2 Å². The van der Waals surface area contributed by atoms with Gasteiger partial charge >= 0.3 is 0 Å². The van der Waals surface area contributed by atoms with Gasteiger partial charge < -0.3 is 16.4 Å². The highest BCUT2D eigenvalue weighted by Crippen LogP contribution is 2.30. The van der Waals surface area contributed by atoms with Gasteiger partial charge in [0.05, 0.1) is 12.0 Å². The summed E-state index contributed by atoms with van der Waals surface area (Å²) in [6, 6.07) is 7.11. The Balaban J connectivity index is 2.16. The van der Waals surface area contributed by atoms with Crippen LogP contribution in [0.15, 0.2) is 24.3 Å². The van der Waals surface area contributed by atoms with Crippen LogP contribution in [0, 0.1) is 17.3 Å². The quantitative estimate of drug-likeness (QED) is 0.768. The van der Waals surface area contributed by atoms with Crippen LogP contribution in [0.4, 0.5) is 0 Å². The normalized spacial score (nSPS) is 20.8. The van der Waals surface area contributed by atoms with E-state index in [0.29, 0.717) is 25.1 Å². The molecule has 1 atom stereocenters. The number of rotatable bonds is 2. The largest absolute Gasteiger partial charge is 0.369 e. The van der Waals surface area contributed by atoms with Gasteiger partial charge in [-0.15, -0.1) is 0 Å². The standard InChI is InChI=1S/C16H19N3O2/c1-16(15(18)21)7-9-19(11-16)14(20)13-6-2-4-12(10-13)5-3-8-17/h2,4,6,10H,7-9,11,17H2,1H3,(H2,18,21). The van der Waals surface area contributed by atoms with E-state index in [4.69, 9.17) is 11.5 Å². The van der Waals surface area contributed by atoms with Crippen molar-refractivity contribution in [3.63, 3.8) is 0 Å². The molecule has 1 heterocycles. The summed E-state index contributed by atoms with van der Waals surface area (Å²) in [5.41, 5.74) is 11.4.